The topological polar surface area (TPSA) is 75.8 Å². The number of aromatic nitrogens is 3. The zero-order valence-corrected chi connectivity index (χ0v) is 16.8. The molecule has 1 saturated carbocycles. The number of nitrogens with one attached hydrogen (secondary N) is 2. The molecule has 0 radical (unpaired) electrons. The molecule has 1 fully saturated rings. The van der Waals surface area contributed by atoms with Crippen LogP contribution in [0.2, 0.25) is 0 Å². The predicted molar refractivity (Wildman–Crippen MR) is 114 cm³/mol. The van der Waals surface area contributed by atoms with Crippen LogP contribution in [0.3, 0.4) is 0 Å². The Balaban J connectivity index is 1.27. The number of benzene rings is 1. The second kappa shape index (κ2) is 9.41. The van der Waals surface area contributed by atoms with Gasteiger partial charge in [-0.3, -0.25) is 9.39 Å². The van der Waals surface area contributed by atoms with Crippen LogP contribution in [0, 0.1) is 0 Å². The van der Waals surface area contributed by atoms with Crippen molar-refractivity contribution in [1.82, 2.24) is 25.2 Å². The molecule has 0 spiro atoms. The second-order valence-corrected chi connectivity index (χ2v) is 7.35. The molecule has 0 atom stereocenters. The standard InChI is InChI=1S/C22H28N6O/c1-23-22(25-16-21-27-26-20-9-5-6-14-28(20)21)24-15-17-10-12-19(13-11-17)29-18-7-3-2-4-8-18/h5-6,9-14,18H,2-4,7-8,15-16H2,1H3,(H2,23,24,25). The van der Waals surface area contributed by atoms with Gasteiger partial charge < -0.3 is 15.4 Å². The van der Waals surface area contributed by atoms with Crippen molar-refractivity contribution in [1.29, 1.82) is 0 Å². The summed E-state index contributed by atoms with van der Waals surface area (Å²) >= 11 is 0. The van der Waals surface area contributed by atoms with Crippen LogP contribution in [0.4, 0.5) is 0 Å². The fourth-order valence-electron chi connectivity index (χ4n) is 3.64. The highest BCUT2D eigenvalue weighted by Gasteiger charge is 2.14. The van der Waals surface area contributed by atoms with Gasteiger partial charge in [-0.25, -0.2) is 0 Å². The maximum Gasteiger partial charge on any atom is 0.191 e. The van der Waals surface area contributed by atoms with Gasteiger partial charge >= 0.3 is 0 Å². The fourth-order valence-corrected chi connectivity index (χ4v) is 3.64. The Kier molecular flexibility index (Phi) is 6.24. The Labute approximate surface area is 171 Å². The van der Waals surface area contributed by atoms with E-state index in [1.54, 1.807) is 7.05 Å². The van der Waals surface area contributed by atoms with E-state index in [9.17, 15) is 0 Å². The summed E-state index contributed by atoms with van der Waals surface area (Å²) in [7, 11) is 1.76. The van der Waals surface area contributed by atoms with Gasteiger partial charge in [0.05, 0.1) is 12.6 Å². The molecule has 0 saturated heterocycles. The van der Waals surface area contributed by atoms with Crippen molar-refractivity contribution in [2.24, 2.45) is 4.99 Å². The maximum absolute atomic E-state index is 6.10. The Hall–Kier alpha value is -3.09. The van der Waals surface area contributed by atoms with Crippen LogP contribution in [-0.2, 0) is 13.1 Å². The molecule has 2 heterocycles. The highest BCUT2D eigenvalue weighted by Crippen LogP contribution is 2.23. The van der Waals surface area contributed by atoms with Crippen LogP contribution < -0.4 is 15.4 Å². The minimum absolute atomic E-state index is 0.379. The summed E-state index contributed by atoms with van der Waals surface area (Å²) in [4.78, 5) is 4.29. The van der Waals surface area contributed by atoms with E-state index in [1.165, 1.54) is 37.7 Å². The Morgan fingerprint density at radius 3 is 2.62 bits per heavy atom. The van der Waals surface area contributed by atoms with Gasteiger partial charge in [0.1, 0.15) is 5.75 Å². The first-order valence-corrected chi connectivity index (χ1v) is 10.3. The van der Waals surface area contributed by atoms with Crippen LogP contribution in [0.5, 0.6) is 5.75 Å². The summed E-state index contributed by atoms with van der Waals surface area (Å²) in [6, 6.07) is 14.2. The van der Waals surface area contributed by atoms with Gasteiger partial charge in [-0.1, -0.05) is 24.6 Å². The lowest BCUT2D eigenvalue weighted by atomic mass is 9.98. The minimum atomic E-state index is 0.379. The van der Waals surface area contributed by atoms with Gasteiger partial charge in [0.25, 0.3) is 0 Å². The van der Waals surface area contributed by atoms with E-state index >= 15 is 0 Å². The number of aliphatic imine (C=N–C) groups is 1. The van der Waals surface area contributed by atoms with Gasteiger partial charge in [-0.15, -0.1) is 10.2 Å². The number of hydrogen-bond acceptors (Lipinski definition) is 4. The molecular formula is C22H28N6O. The van der Waals surface area contributed by atoms with Crippen LogP contribution in [0.1, 0.15) is 43.5 Å². The molecule has 4 rings (SSSR count). The SMILES string of the molecule is CN=C(NCc1ccc(OC2CCCCC2)cc1)NCc1nnc2ccccn12. The molecule has 2 aromatic heterocycles. The molecule has 0 aliphatic heterocycles. The van der Waals surface area contributed by atoms with E-state index in [1.807, 2.05) is 28.8 Å². The lowest BCUT2D eigenvalue weighted by Gasteiger charge is -2.23. The third-order valence-electron chi connectivity index (χ3n) is 5.26. The number of pyridine rings is 1. The van der Waals surface area contributed by atoms with Gasteiger partial charge in [0.15, 0.2) is 17.4 Å². The van der Waals surface area contributed by atoms with E-state index in [2.05, 4.69) is 50.1 Å². The molecule has 1 aromatic carbocycles. The van der Waals surface area contributed by atoms with Crippen molar-refractivity contribution in [2.75, 3.05) is 7.05 Å². The van der Waals surface area contributed by atoms with Crippen molar-refractivity contribution in [2.45, 2.75) is 51.3 Å². The summed E-state index contributed by atoms with van der Waals surface area (Å²) in [5, 5.41) is 15.0. The Bertz CT molecular complexity index is 943. The maximum atomic E-state index is 6.10. The third-order valence-corrected chi connectivity index (χ3v) is 5.26. The Morgan fingerprint density at radius 2 is 1.83 bits per heavy atom. The Morgan fingerprint density at radius 1 is 1.03 bits per heavy atom. The van der Waals surface area contributed by atoms with Crippen molar-refractivity contribution in [3.63, 3.8) is 0 Å². The van der Waals surface area contributed by atoms with E-state index < -0.39 is 0 Å². The van der Waals surface area contributed by atoms with Gasteiger partial charge in [-0.2, -0.15) is 0 Å². The summed E-state index contributed by atoms with van der Waals surface area (Å²) in [5.74, 6) is 2.52. The first-order chi connectivity index (χ1) is 14.3. The summed E-state index contributed by atoms with van der Waals surface area (Å²) in [5.41, 5.74) is 2.01. The first kappa shape index (κ1) is 19.2. The zero-order valence-electron chi connectivity index (χ0n) is 16.8. The van der Waals surface area contributed by atoms with Crippen molar-refractivity contribution >= 4 is 11.6 Å². The first-order valence-electron chi connectivity index (χ1n) is 10.3. The average molecular weight is 393 g/mol. The van der Waals surface area contributed by atoms with Gasteiger partial charge in [0, 0.05) is 19.8 Å². The molecule has 3 aromatic rings. The predicted octanol–water partition coefficient (Wildman–Crippen LogP) is 3.31. The normalized spacial score (nSPS) is 15.4. The molecule has 152 valence electrons. The van der Waals surface area contributed by atoms with Crippen LogP contribution in [-0.4, -0.2) is 33.7 Å². The van der Waals surface area contributed by atoms with Gasteiger partial charge in [-0.05, 0) is 55.5 Å². The second-order valence-electron chi connectivity index (χ2n) is 7.35. The average Bonchev–Trinajstić information content (AvgIpc) is 3.19. The number of rotatable bonds is 6. The molecule has 1 aliphatic rings. The van der Waals surface area contributed by atoms with Crippen molar-refractivity contribution in [3.05, 3.63) is 60.0 Å². The summed E-state index contributed by atoms with van der Waals surface area (Å²) in [6.45, 7) is 1.23. The van der Waals surface area contributed by atoms with E-state index in [4.69, 9.17) is 4.74 Å². The van der Waals surface area contributed by atoms with Gasteiger partial charge in [0.2, 0.25) is 0 Å². The monoisotopic (exact) mass is 392 g/mol. The summed E-state index contributed by atoms with van der Waals surface area (Å²) in [6.07, 6.45) is 8.59. The number of guanidine groups is 1. The van der Waals surface area contributed by atoms with Crippen LogP contribution >= 0.6 is 0 Å². The fraction of sp³-hybridized carbons (Fsp3) is 0.409. The summed E-state index contributed by atoms with van der Waals surface area (Å²) < 4.78 is 8.06. The molecule has 29 heavy (non-hydrogen) atoms. The quantitative estimate of drug-likeness (QED) is 0.497. The molecule has 0 bridgehead atoms. The lowest BCUT2D eigenvalue weighted by Crippen LogP contribution is -2.36. The minimum Gasteiger partial charge on any atom is -0.490 e. The van der Waals surface area contributed by atoms with Crippen LogP contribution in [0.25, 0.3) is 5.65 Å². The zero-order chi connectivity index (χ0) is 19.9. The third kappa shape index (κ3) is 5.04. The molecule has 0 amide bonds. The van der Waals surface area contributed by atoms with Crippen LogP contribution in [0.15, 0.2) is 53.7 Å². The smallest absolute Gasteiger partial charge is 0.191 e. The number of nitrogens with zero attached hydrogens (tertiary/aromatic N) is 4. The van der Waals surface area contributed by atoms with E-state index in [0.29, 0.717) is 19.2 Å². The highest BCUT2D eigenvalue weighted by atomic mass is 16.5. The number of ether oxygens (including phenoxy) is 1. The van der Waals surface area contributed by atoms with Crippen molar-refractivity contribution < 1.29 is 4.74 Å². The molecule has 7 heteroatoms. The lowest BCUT2D eigenvalue weighted by molar-refractivity contribution is 0.155. The van der Waals surface area contributed by atoms with E-state index in [-0.39, 0.29) is 0 Å². The molecular weight excluding hydrogens is 364 g/mol. The molecule has 2 N–H and O–H groups in total. The molecule has 7 nitrogen and oxygen atoms in total. The highest BCUT2D eigenvalue weighted by molar-refractivity contribution is 5.79. The molecule has 1 aliphatic carbocycles. The number of hydrogen-bond donors (Lipinski definition) is 2. The largest absolute Gasteiger partial charge is 0.490 e. The number of fused-ring (bicyclic) bond motifs is 1. The van der Waals surface area contributed by atoms with Crippen molar-refractivity contribution in [3.8, 4) is 5.75 Å². The molecule has 0 unspecified atom stereocenters. The van der Waals surface area contributed by atoms with E-state index in [0.717, 1.165) is 23.2 Å².